The first-order valence-electron chi connectivity index (χ1n) is 8.21. The number of ether oxygens (including phenoxy) is 1. The Bertz CT molecular complexity index is 549. The number of para-hydroxylation sites is 1. The van der Waals surface area contributed by atoms with Gasteiger partial charge >= 0.3 is 0 Å². The molecule has 0 atom stereocenters. The van der Waals surface area contributed by atoms with Crippen LogP contribution in [-0.2, 0) is 16.0 Å². The van der Waals surface area contributed by atoms with E-state index >= 15 is 0 Å². The molecule has 0 bridgehead atoms. The van der Waals surface area contributed by atoms with Crippen LogP contribution in [-0.4, -0.2) is 43.0 Å². The lowest BCUT2D eigenvalue weighted by atomic mass is 10.0. The SMILES string of the molecule is COc1ccccc1CC(=O)NC1CCN(C(=O)C(C)C)CC1. The van der Waals surface area contributed by atoms with Crippen molar-refractivity contribution in [2.75, 3.05) is 20.2 Å². The summed E-state index contributed by atoms with van der Waals surface area (Å²) in [5.41, 5.74) is 0.889. The van der Waals surface area contributed by atoms with Gasteiger partial charge in [0.15, 0.2) is 0 Å². The van der Waals surface area contributed by atoms with Gasteiger partial charge in [-0.1, -0.05) is 32.0 Å². The van der Waals surface area contributed by atoms with Crippen LogP contribution in [0.3, 0.4) is 0 Å². The van der Waals surface area contributed by atoms with Gasteiger partial charge in [-0.15, -0.1) is 0 Å². The molecule has 0 saturated carbocycles. The van der Waals surface area contributed by atoms with E-state index in [0.717, 1.165) is 37.2 Å². The van der Waals surface area contributed by atoms with Crippen LogP contribution in [0.25, 0.3) is 0 Å². The molecule has 2 rings (SSSR count). The first kappa shape index (κ1) is 17.3. The number of benzene rings is 1. The highest BCUT2D eigenvalue weighted by Gasteiger charge is 2.25. The third-order valence-corrected chi connectivity index (χ3v) is 4.21. The van der Waals surface area contributed by atoms with Crippen LogP contribution < -0.4 is 10.1 Å². The summed E-state index contributed by atoms with van der Waals surface area (Å²) < 4.78 is 5.27. The van der Waals surface area contributed by atoms with Crippen molar-refractivity contribution in [1.29, 1.82) is 0 Å². The van der Waals surface area contributed by atoms with Gasteiger partial charge < -0.3 is 15.0 Å². The molecule has 1 aliphatic rings. The lowest BCUT2D eigenvalue weighted by molar-refractivity contribution is -0.135. The molecule has 1 saturated heterocycles. The van der Waals surface area contributed by atoms with Crippen molar-refractivity contribution in [3.8, 4) is 5.75 Å². The second-order valence-corrected chi connectivity index (χ2v) is 6.31. The zero-order valence-corrected chi connectivity index (χ0v) is 14.2. The Labute approximate surface area is 138 Å². The molecule has 0 spiro atoms. The summed E-state index contributed by atoms with van der Waals surface area (Å²) in [6.07, 6.45) is 1.95. The van der Waals surface area contributed by atoms with E-state index < -0.39 is 0 Å². The monoisotopic (exact) mass is 318 g/mol. The van der Waals surface area contributed by atoms with Crippen molar-refractivity contribution in [2.24, 2.45) is 5.92 Å². The Kier molecular flexibility index (Phi) is 6.02. The molecular formula is C18H26N2O3. The van der Waals surface area contributed by atoms with E-state index in [1.54, 1.807) is 7.11 Å². The molecule has 0 unspecified atom stereocenters. The lowest BCUT2D eigenvalue weighted by Crippen LogP contribution is -2.47. The summed E-state index contributed by atoms with van der Waals surface area (Å²) in [6.45, 7) is 5.28. The first-order valence-corrected chi connectivity index (χ1v) is 8.21. The Morgan fingerprint density at radius 2 is 1.91 bits per heavy atom. The molecular weight excluding hydrogens is 292 g/mol. The number of carbonyl (C=O) groups is 2. The number of hydrogen-bond donors (Lipinski definition) is 1. The summed E-state index contributed by atoms with van der Waals surface area (Å²) in [4.78, 5) is 26.1. The van der Waals surface area contributed by atoms with E-state index in [2.05, 4.69) is 5.32 Å². The second kappa shape index (κ2) is 7.99. The van der Waals surface area contributed by atoms with Gasteiger partial charge in [0.25, 0.3) is 0 Å². The first-order chi connectivity index (χ1) is 11.0. The van der Waals surface area contributed by atoms with E-state index in [-0.39, 0.29) is 23.8 Å². The standard InChI is InChI=1S/C18H26N2O3/c1-13(2)18(22)20-10-8-15(9-11-20)19-17(21)12-14-6-4-5-7-16(14)23-3/h4-7,13,15H,8-12H2,1-3H3,(H,19,21). The van der Waals surface area contributed by atoms with E-state index in [4.69, 9.17) is 4.74 Å². The predicted molar refractivity (Wildman–Crippen MR) is 89.3 cm³/mol. The fraction of sp³-hybridized carbons (Fsp3) is 0.556. The average molecular weight is 318 g/mol. The van der Waals surface area contributed by atoms with Crippen molar-refractivity contribution in [2.45, 2.75) is 39.2 Å². The van der Waals surface area contributed by atoms with Crippen LogP contribution in [0.1, 0.15) is 32.3 Å². The van der Waals surface area contributed by atoms with Crippen molar-refractivity contribution >= 4 is 11.8 Å². The van der Waals surface area contributed by atoms with Crippen LogP contribution in [0.4, 0.5) is 0 Å². The summed E-state index contributed by atoms with van der Waals surface area (Å²) in [5, 5.41) is 3.07. The fourth-order valence-corrected chi connectivity index (χ4v) is 2.91. The topological polar surface area (TPSA) is 58.6 Å². The van der Waals surface area contributed by atoms with Crippen LogP contribution in [0.2, 0.25) is 0 Å². The molecule has 5 heteroatoms. The van der Waals surface area contributed by atoms with E-state index in [1.807, 2.05) is 43.0 Å². The van der Waals surface area contributed by atoms with Gasteiger partial charge in [-0.25, -0.2) is 0 Å². The molecule has 0 radical (unpaired) electrons. The van der Waals surface area contributed by atoms with Crippen molar-refractivity contribution in [3.63, 3.8) is 0 Å². The number of amides is 2. The third-order valence-electron chi connectivity index (χ3n) is 4.21. The summed E-state index contributed by atoms with van der Waals surface area (Å²) >= 11 is 0. The smallest absolute Gasteiger partial charge is 0.225 e. The van der Waals surface area contributed by atoms with Crippen molar-refractivity contribution < 1.29 is 14.3 Å². The number of nitrogens with zero attached hydrogens (tertiary/aromatic N) is 1. The zero-order chi connectivity index (χ0) is 16.8. The van der Waals surface area contributed by atoms with E-state index in [1.165, 1.54) is 0 Å². The molecule has 1 N–H and O–H groups in total. The van der Waals surface area contributed by atoms with Crippen LogP contribution in [0.15, 0.2) is 24.3 Å². The number of hydrogen-bond acceptors (Lipinski definition) is 3. The Morgan fingerprint density at radius 3 is 2.52 bits per heavy atom. The minimum Gasteiger partial charge on any atom is -0.496 e. The quantitative estimate of drug-likeness (QED) is 0.903. The Morgan fingerprint density at radius 1 is 1.26 bits per heavy atom. The van der Waals surface area contributed by atoms with Crippen LogP contribution >= 0.6 is 0 Å². The Hall–Kier alpha value is -2.04. The van der Waals surface area contributed by atoms with Crippen LogP contribution in [0.5, 0.6) is 5.75 Å². The number of carbonyl (C=O) groups excluding carboxylic acids is 2. The highest BCUT2D eigenvalue weighted by Crippen LogP contribution is 2.18. The highest BCUT2D eigenvalue weighted by molar-refractivity contribution is 5.80. The number of rotatable bonds is 5. The molecule has 2 amide bonds. The second-order valence-electron chi connectivity index (χ2n) is 6.31. The molecule has 1 heterocycles. The van der Waals surface area contributed by atoms with E-state index in [9.17, 15) is 9.59 Å². The molecule has 23 heavy (non-hydrogen) atoms. The van der Waals surface area contributed by atoms with E-state index in [0.29, 0.717) is 6.42 Å². The number of nitrogens with one attached hydrogen (secondary N) is 1. The zero-order valence-electron chi connectivity index (χ0n) is 14.2. The van der Waals surface area contributed by atoms with Gasteiger partial charge in [-0.2, -0.15) is 0 Å². The largest absolute Gasteiger partial charge is 0.496 e. The maximum Gasteiger partial charge on any atom is 0.225 e. The minimum atomic E-state index is 0.00290. The van der Waals surface area contributed by atoms with Gasteiger partial charge in [0.1, 0.15) is 5.75 Å². The molecule has 1 aromatic rings. The fourth-order valence-electron chi connectivity index (χ4n) is 2.91. The summed E-state index contributed by atoms with van der Waals surface area (Å²) in [6, 6.07) is 7.71. The molecule has 1 aromatic carbocycles. The number of likely N-dealkylation sites (tertiary alicyclic amines) is 1. The maximum atomic E-state index is 12.2. The highest BCUT2D eigenvalue weighted by atomic mass is 16.5. The normalized spacial score (nSPS) is 15.6. The van der Waals surface area contributed by atoms with Gasteiger partial charge in [0.05, 0.1) is 13.5 Å². The average Bonchev–Trinajstić information content (AvgIpc) is 2.55. The van der Waals surface area contributed by atoms with Crippen LogP contribution in [0, 0.1) is 5.92 Å². The van der Waals surface area contributed by atoms with Gasteiger partial charge in [-0.3, -0.25) is 9.59 Å². The Balaban J connectivity index is 1.82. The number of methoxy groups -OCH3 is 1. The third kappa shape index (κ3) is 4.71. The predicted octanol–water partition coefficient (Wildman–Crippen LogP) is 2.00. The molecule has 0 aromatic heterocycles. The minimum absolute atomic E-state index is 0.00290. The maximum absolute atomic E-state index is 12.2. The molecule has 0 aliphatic carbocycles. The summed E-state index contributed by atoms with van der Waals surface area (Å²) in [7, 11) is 1.61. The van der Waals surface area contributed by atoms with Gasteiger partial charge in [-0.05, 0) is 18.9 Å². The summed E-state index contributed by atoms with van der Waals surface area (Å²) in [5.74, 6) is 0.971. The number of piperidine rings is 1. The van der Waals surface area contributed by atoms with Crippen molar-refractivity contribution in [1.82, 2.24) is 10.2 Å². The van der Waals surface area contributed by atoms with Gasteiger partial charge in [0.2, 0.25) is 11.8 Å². The molecule has 1 fully saturated rings. The lowest BCUT2D eigenvalue weighted by Gasteiger charge is -2.33. The van der Waals surface area contributed by atoms with Crippen molar-refractivity contribution in [3.05, 3.63) is 29.8 Å². The molecule has 126 valence electrons. The molecule has 1 aliphatic heterocycles. The molecule has 5 nitrogen and oxygen atoms in total. The van der Waals surface area contributed by atoms with Gasteiger partial charge in [0, 0.05) is 30.6 Å².